The van der Waals surface area contributed by atoms with Gasteiger partial charge in [-0.3, -0.25) is 0 Å². The number of aliphatic hydroxyl groups excluding tert-OH is 1. The molecular weight excluding hydrogens is 297 g/mol. The van der Waals surface area contributed by atoms with Crippen LogP contribution < -0.4 is 14.8 Å². The molecule has 0 saturated heterocycles. The van der Waals surface area contributed by atoms with E-state index < -0.39 is 6.10 Å². The van der Waals surface area contributed by atoms with Crippen LogP contribution in [0.25, 0.3) is 0 Å². The van der Waals surface area contributed by atoms with Gasteiger partial charge in [0.2, 0.25) is 0 Å². The van der Waals surface area contributed by atoms with Gasteiger partial charge >= 0.3 is 0 Å². The summed E-state index contributed by atoms with van der Waals surface area (Å²) in [5.74, 6) is 0.960. The minimum Gasteiger partial charge on any atom is -0.497 e. The first-order valence-corrected chi connectivity index (χ1v) is 7.44. The zero-order chi connectivity index (χ0) is 16.8. The molecule has 0 heterocycles. The molecule has 2 atom stereocenters. The number of benzene rings is 2. The topological polar surface area (TPSA) is 50.7 Å². The lowest BCUT2D eigenvalue weighted by Gasteiger charge is -2.20. The third-order valence-electron chi connectivity index (χ3n) is 3.78. The summed E-state index contributed by atoms with van der Waals surface area (Å²) in [6.45, 7) is 2.12. The monoisotopic (exact) mass is 319 g/mol. The average molecular weight is 319 g/mol. The lowest BCUT2D eigenvalue weighted by Crippen LogP contribution is -2.25. The van der Waals surface area contributed by atoms with Crippen LogP contribution >= 0.6 is 0 Å². The second-order valence-corrected chi connectivity index (χ2v) is 5.28. The van der Waals surface area contributed by atoms with Crippen LogP contribution in [0.2, 0.25) is 0 Å². The molecule has 0 fully saturated rings. The molecule has 2 N–H and O–H groups in total. The van der Waals surface area contributed by atoms with Gasteiger partial charge in [0.25, 0.3) is 0 Å². The van der Waals surface area contributed by atoms with Crippen LogP contribution in [-0.4, -0.2) is 25.9 Å². The smallest absolute Gasteiger partial charge is 0.127 e. The Kier molecular flexibility index (Phi) is 5.96. The number of methoxy groups -OCH3 is 2. The second kappa shape index (κ2) is 7.94. The fourth-order valence-corrected chi connectivity index (χ4v) is 2.43. The summed E-state index contributed by atoms with van der Waals surface area (Å²) in [7, 11) is 3.11. The first-order chi connectivity index (χ1) is 11.1. The molecule has 0 aromatic heterocycles. The molecule has 0 amide bonds. The van der Waals surface area contributed by atoms with E-state index in [1.54, 1.807) is 50.6 Å². The van der Waals surface area contributed by atoms with Crippen LogP contribution in [0.4, 0.5) is 4.39 Å². The van der Waals surface area contributed by atoms with Crippen LogP contribution in [-0.2, 0) is 0 Å². The summed E-state index contributed by atoms with van der Waals surface area (Å²) in [5, 5.41) is 13.6. The standard InChI is InChI=1S/C18H22FNO3/c1-12(14-6-4-5-7-16(14)19)20-11-17(21)15-10-13(22-2)8-9-18(15)23-3/h4-10,12,17,20-21H,11H2,1-3H3. The minimum atomic E-state index is -0.797. The third kappa shape index (κ3) is 4.21. The lowest BCUT2D eigenvalue weighted by molar-refractivity contribution is 0.166. The molecule has 0 bridgehead atoms. The molecular formula is C18H22FNO3. The van der Waals surface area contributed by atoms with E-state index in [1.165, 1.54) is 6.07 Å². The first kappa shape index (κ1) is 17.2. The van der Waals surface area contributed by atoms with Crippen molar-refractivity contribution in [2.45, 2.75) is 19.1 Å². The van der Waals surface area contributed by atoms with Crippen molar-refractivity contribution < 1.29 is 19.0 Å². The summed E-state index contributed by atoms with van der Waals surface area (Å²) in [5.41, 5.74) is 1.19. The van der Waals surface area contributed by atoms with E-state index in [9.17, 15) is 9.50 Å². The number of ether oxygens (including phenoxy) is 2. The van der Waals surface area contributed by atoms with Gasteiger partial charge < -0.3 is 19.9 Å². The Labute approximate surface area is 135 Å². The Hall–Kier alpha value is -2.11. The summed E-state index contributed by atoms with van der Waals surface area (Å²) < 4.78 is 24.2. The van der Waals surface area contributed by atoms with Crippen molar-refractivity contribution in [3.8, 4) is 11.5 Å². The lowest BCUT2D eigenvalue weighted by atomic mass is 10.1. The molecule has 2 aromatic rings. The highest BCUT2D eigenvalue weighted by atomic mass is 19.1. The maximum absolute atomic E-state index is 13.8. The molecule has 4 nitrogen and oxygen atoms in total. The Bertz CT molecular complexity index is 648. The van der Waals surface area contributed by atoms with Crippen molar-refractivity contribution >= 4 is 0 Å². The highest BCUT2D eigenvalue weighted by Gasteiger charge is 2.17. The van der Waals surface area contributed by atoms with Gasteiger partial charge in [0.1, 0.15) is 17.3 Å². The predicted octanol–water partition coefficient (Wildman–Crippen LogP) is 3.23. The van der Waals surface area contributed by atoms with Crippen molar-refractivity contribution in [3.63, 3.8) is 0 Å². The van der Waals surface area contributed by atoms with Crippen LogP contribution in [0, 0.1) is 5.82 Å². The molecule has 2 unspecified atom stereocenters. The SMILES string of the molecule is COc1ccc(OC)c(C(O)CNC(C)c2ccccc2F)c1. The predicted molar refractivity (Wildman–Crippen MR) is 87.3 cm³/mol. The quantitative estimate of drug-likeness (QED) is 0.823. The summed E-state index contributed by atoms with van der Waals surface area (Å²) in [6, 6.07) is 11.6. The molecule has 0 saturated carbocycles. The van der Waals surface area contributed by atoms with Gasteiger partial charge in [-0.05, 0) is 31.2 Å². The molecule has 0 radical (unpaired) electrons. The van der Waals surface area contributed by atoms with E-state index in [0.29, 0.717) is 22.6 Å². The number of rotatable bonds is 7. The van der Waals surface area contributed by atoms with Gasteiger partial charge in [-0.1, -0.05) is 18.2 Å². The largest absolute Gasteiger partial charge is 0.497 e. The van der Waals surface area contributed by atoms with E-state index in [4.69, 9.17) is 9.47 Å². The van der Waals surface area contributed by atoms with E-state index in [-0.39, 0.29) is 18.4 Å². The number of hydrogen-bond donors (Lipinski definition) is 2. The molecule has 2 rings (SSSR count). The second-order valence-electron chi connectivity index (χ2n) is 5.28. The fourth-order valence-electron chi connectivity index (χ4n) is 2.43. The summed E-state index contributed by atoms with van der Waals surface area (Å²) >= 11 is 0. The average Bonchev–Trinajstić information content (AvgIpc) is 2.59. The minimum absolute atomic E-state index is 0.220. The zero-order valence-electron chi connectivity index (χ0n) is 13.5. The number of halogens is 1. The summed E-state index contributed by atoms with van der Waals surface area (Å²) in [4.78, 5) is 0. The Morgan fingerprint density at radius 3 is 2.48 bits per heavy atom. The third-order valence-corrected chi connectivity index (χ3v) is 3.78. The van der Waals surface area contributed by atoms with Gasteiger partial charge in [0.15, 0.2) is 0 Å². The number of aliphatic hydroxyl groups is 1. The highest BCUT2D eigenvalue weighted by molar-refractivity contribution is 5.41. The maximum atomic E-state index is 13.8. The van der Waals surface area contributed by atoms with Crippen molar-refractivity contribution in [2.24, 2.45) is 0 Å². The van der Waals surface area contributed by atoms with Crippen molar-refractivity contribution in [2.75, 3.05) is 20.8 Å². The van der Waals surface area contributed by atoms with Gasteiger partial charge in [-0.15, -0.1) is 0 Å². The van der Waals surface area contributed by atoms with Crippen molar-refractivity contribution in [1.29, 1.82) is 0 Å². The molecule has 0 spiro atoms. The molecule has 0 aliphatic carbocycles. The van der Waals surface area contributed by atoms with Crippen LogP contribution in [0.5, 0.6) is 11.5 Å². The summed E-state index contributed by atoms with van der Waals surface area (Å²) in [6.07, 6.45) is -0.797. The molecule has 0 aliphatic heterocycles. The molecule has 23 heavy (non-hydrogen) atoms. The van der Waals surface area contributed by atoms with Gasteiger partial charge in [0.05, 0.1) is 20.3 Å². The fraction of sp³-hybridized carbons (Fsp3) is 0.333. The van der Waals surface area contributed by atoms with Crippen LogP contribution in [0.15, 0.2) is 42.5 Å². The normalized spacial score (nSPS) is 13.4. The molecule has 5 heteroatoms. The zero-order valence-corrected chi connectivity index (χ0v) is 13.5. The highest BCUT2D eigenvalue weighted by Crippen LogP contribution is 2.29. The van der Waals surface area contributed by atoms with E-state index in [1.807, 2.05) is 6.92 Å². The van der Waals surface area contributed by atoms with Crippen LogP contribution in [0.3, 0.4) is 0 Å². The first-order valence-electron chi connectivity index (χ1n) is 7.44. The molecule has 2 aromatic carbocycles. The Morgan fingerprint density at radius 1 is 1.09 bits per heavy atom. The number of nitrogens with one attached hydrogen (secondary N) is 1. The van der Waals surface area contributed by atoms with Gasteiger partial charge in [-0.25, -0.2) is 4.39 Å². The molecule has 0 aliphatic rings. The van der Waals surface area contributed by atoms with Crippen molar-refractivity contribution in [3.05, 3.63) is 59.4 Å². The van der Waals surface area contributed by atoms with E-state index >= 15 is 0 Å². The Balaban J connectivity index is 2.07. The van der Waals surface area contributed by atoms with Gasteiger partial charge in [0, 0.05) is 23.7 Å². The maximum Gasteiger partial charge on any atom is 0.127 e. The van der Waals surface area contributed by atoms with Crippen molar-refractivity contribution in [1.82, 2.24) is 5.32 Å². The molecule has 124 valence electrons. The number of hydrogen-bond acceptors (Lipinski definition) is 4. The van der Waals surface area contributed by atoms with E-state index in [2.05, 4.69) is 5.32 Å². The van der Waals surface area contributed by atoms with Gasteiger partial charge in [-0.2, -0.15) is 0 Å². The van der Waals surface area contributed by atoms with Crippen LogP contribution in [0.1, 0.15) is 30.2 Å². The Morgan fingerprint density at radius 2 is 1.83 bits per heavy atom. The van der Waals surface area contributed by atoms with E-state index in [0.717, 1.165) is 0 Å².